The zero-order chi connectivity index (χ0) is 13.1. The number of H-pyrrole nitrogens is 1. The number of imidazole rings is 1. The summed E-state index contributed by atoms with van der Waals surface area (Å²) in [6, 6.07) is 2.36. The maximum Gasteiger partial charge on any atom is 0.276 e. The van der Waals surface area contributed by atoms with Crippen LogP contribution in [0.2, 0.25) is 5.15 Å². The fourth-order valence-corrected chi connectivity index (χ4v) is 1.67. The summed E-state index contributed by atoms with van der Waals surface area (Å²) in [4.78, 5) is 21.2. The molecule has 0 aliphatic carbocycles. The highest BCUT2D eigenvalue weighted by Gasteiger charge is 2.13. The first-order chi connectivity index (χ1) is 8.56. The van der Waals surface area contributed by atoms with E-state index in [-0.39, 0.29) is 16.9 Å². The van der Waals surface area contributed by atoms with Gasteiger partial charge in [-0.1, -0.05) is 11.6 Å². The van der Waals surface area contributed by atoms with Crippen molar-refractivity contribution in [3.63, 3.8) is 0 Å². The van der Waals surface area contributed by atoms with Gasteiger partial charge in [0.05, 0.1) is 23.1 Å². The van der Waals surface area contributed by atoms with Gasteiger partial charge < -0.3 is 10.3 Å². The lowest BCUT2D eigenvalue weighted by Gasteiger charge is -2.11. The quantitative estimate of drug-likeness (QED) is 0.504. The van der Waals surface area contributed by atoms with Gasteiger partial charge in [-0.2, -0.15) is 0 Å². The van der Waals surface area contributed by atoms with Crippen LogP contribution in [0.15, 0.2) is 24.5 Å². The SMILES string of the molecule is CC(Nc1cc([N+](=O)[O-])cc(Cl)n1)c1ncc[nH]1. The van der Waals surface area contributed by atoms with Crippen LogP contribution in [0.4, 0.5) is 11.5 Å². The molecule has 2 aromatic rings. The van der Waals surface area contributed by atoms with Gasteiger partial charge in [0.25, 0.3) is 5.69 Å². The lowest BCUT2D eigenvalue weighted by Crippen LogP contribution is -2.09. The Balaban J connectivity index is 2.21. The number of halogens is 1. The van der Waals surface area contributed by atoms with Crippen LogP contribution in [0.5, 0.6) is 0 Å². The number of nitrogens with one attached hydrogen (secondary N) is 2. The standard InChI is InChI=1S/C10H10ClN5O2/c1-6(10-12-2-3-13-10)14-9-5-7(16(17)18)4-8(11)15-9/h2-6H,1H3,(H,12,13)(H,14,15). The van der Waals surface area contributed by atoms with Crippen LogP contribution in [0.3, 0.4) is 0 Å². The first-order valence-electron chi connectivity index (χ1n) is 5.14. The van der Waals surface area contributed by atoms with E-state index >= 15 is 0 Å². The third-order valence-corrected chi connectivity index (χ3v) is 2.48. The molecule has 0 aliphatic rings. The van der Waals surface area contributed by atoms with E-state index in [2.05, 4.69) is 20.3 Å². The van der Waals surface area contributed by atoms with Crippen LogP contribution in [0, 0.1) is 10.1 Å². The summed E-state index contributed by atoms with van der Waals surface area (Å²) in [7, 11) is 0. The fraction of sp³-hybridized carbons (Fsp3) is 0.200. The minimum absolute atomic E-state index is 0.0679. The van der Waals surface area contributed by atoms with Crippen molar-refractivity contribution in [2.45, 2.75) is 13.0 Å². The lowest BCUT2D eigenvalue weighted by atomic mass is 10.3. The molecule has 0 fully saturated rings. The molecule has 0 amide bonds. The van der Waals surface area contributed by atoms with Crippen molar-refractivity contribution in [1.29, 1.82) is 0 Å². The number of hydrogen-bond acceptors (Lipinski definition) is 5. The molecular weight excluding hydrogens is 258 g/mol. The topological polar surface area (TPSA) is 96.7 Å². The summed E-state index contributed by atoms with van der Waals surface area (Å²) in [5, 5.41) is 13.7. The van der Waals surface area contributed by atoms with E-state index in [9.17, 15) is 10.1 Å². The highest BCUT2D eigenvalue weighted by atomic mass is 35.5. The monoisotopic (exact) mass is 267 g/mol. The van der Waals surface area contributed by atoms with Crippen molar-refractivity contribution in [3.8, 4) is 0 Å². The summed E-state index contributed by atoms with van der Waals surface area (Å²) in [6.45, 7) is 1.85. The molecule has 0 spiro atoms. The normalized spacial score (nSPS) is 12.1. The molecule has 0 aliphatic heterocycles. The summed E-state index contributed by atoms with van der Waals surface area (Å²) in [6.07, 6.45) is 3.32. The number of anilines is 1. The Bertz CT molecular complexity index is 557. The summed E-state index contributed by atoms with van der Waals surface area (Å²) < 4.78 is 0. The first kappa shape index (κ1) is 12.3. The largest absolute Gasteiger partial charge is 0.360 e. The highest BCUT2D eigenvalue weighted by molar-refractivity contribution is 6.29. The van der Waals surface area contributed by atoms with Crippen LogP contribution in [-0.2, 0) is 0 Å². The average Bonchev–Trinajstić information content (AvgIpc) is 2.81. The van der Waals surface area contributed by atoms with Crippen LogP contribution in [0.25, 0.3) is 0 Å². The second kappa shape index (κ2) is 5.01. The highest BCUT2D eigenvalue weighted by Crippen LogP contribution is 2.23. The maximum absolute atomic E-state index is 10.7. The molecule has 1 atom stereocenters. The van der Waals surface area contributed by atoms with Crippen molar-refractivity contribution in [3.05, 3.63) is 45.6 Å². The molecule has 2 rings (SSSR count). The van der Waals surface area contributed by atoms with E-state index in [1.807, 2.05) is 6.92 Å². The molecular formula is C10H10ClN5O2. The molecule has 7 nitrogen and oxygen atoms in total. The molecule has 2 aromatic heterocycles. The molecule has 2 N–H and O–H groups in total. The smallest absolute Gasteiger partial charge is 0.276 e. The summed E-state index contributed by atoms with van der Waals surface area (Å²) >= 11 is 5.72. The summed E-state index contributed by atoms with van der Waals surface area (Å²) in [5.74, 6) is 1.04. The van der Waals surface area contributed by atoms with Crippen molar-refractivity contribution < 1.29 is 4.92 Å². The number of nitrogens with zero attached hydrogens (tertiary/aromatic N) is 3. The van der Waals surface area contributed by atoms with Gasteiger partial charge in [0.15, 0.2) is 0 Å². The molecule has 2 heterocycles. The molecule has 0 saturated carbocycles. The van der Waals surface area contributed by atoms with Crippen LogP contribution >= 0.6 is 11.6 Å². The average molecular weight is 268 g/mol. The van der Waals surface area contributed by atoms with E-state index in [0.717, 1.165) is 0 Å². The van der Waals surface area contributed by atoms with Gasteiger partial charge in [0.2, 0.25) is 0 Å². The van der Waals surface area contributed by atoms with E-state index in [4.69, 9.17) is 11.6 Å². The molecule has 1 unspecified atom stereocenters. The Morgan fingerprint density at radius 3 is 2.94 bits per heavy atom. The Morgan fingerprint density at radius 1 is 1.56 bits per heavy atom. The van der Waals surface area contributed by atoms with Crippen LogP contribution < -0.4 is 5.32 Å². The van der Waals surface area contributed by atoms with Crippen molar-refractivity contribution in [1.82, 2.24) is 15.0 Å². The van der Waals surface area contributed by atoms with Gasteiger partial charge in [-0.25, -0.2) is 9.97 Å². The zero-order valence-electron chi connectivity index (χ0n) is 9.42. The lowest BCUT2D eigenvalue weighted by molar-refractivity contribution is -0.384. The number of hydrogen-bond donors (Lipinski definition) is 2. The van der Waals surface area contributed by atoms with Gasteiger partial charge in [0, 0.05) is 12.4 Å². The predicted octanol–water partition coefficient (Wildman–Crippen LogP) is 2.54. The molecule has 0 saturated heterocycles. The second-order valence-electron chi connectivity index (χ2n) is 3.63. The minimum Gasteiger partial charge on any atom is -0.360 e. The van der Waals surface area contributed by atoms with Crippen molar-refractivity contribution in [2.24, 2.45) is 0 Å². The zero-order valence-corrected chi connectivity index (χ0v) is 10.2. The van der Waals surface area contributed by atoms with Gasteiger partial charge in [-0.3, -0.25) is 10.1 Å². The molecule has 0 bridgehead atoms. The third kappa shape index (κ3) is 2.75. The first-order valence-corrected chi connectivity index (χ1v) is 5.52. The van der Waals surface area contributed by atoms with Gasteiger partial charge in [0.1, 0.15) is 16.8 Å². The Hall–Kier alpha value is -2.15. The number of nitro groups is 1. The Morgan fingerprint density at radius 2 is 2.33 bits per heavy atom. The molecule has 0 radical (unpaired) electrons. The van der Waals surface area contributed by atoms with E-state index in [0.29, 0.717) is 11.6 Å². The number of rotatable bonds is 4. The Kier molecular flexibility index (Phi) is 3.42. The molecule has 0 aromatic carbocycles. The number of aromatic amines is 1. The fourth-order valence-electron chi connectivity index (χ4n) is 1.47. The van der Waals surface area contributed by atoms with Gasteiger partial charge >= 0.3 is 0 Å². The predicted molar refractivity (Wildman–Crippen MR) is 66.5 cm³/mol. The summed E-state index contributed by atoms with van der Waals surface area (Å²) in [5.41, 5.74) is -0.107. The Labute approximate surface area is 107 Å². The number of aromatic nitrogens is 3. The second-order valence-corrected chi connectivity index (χ2v) is 4.02. The number of pyridine rings is 1. The van der Waals surface area contributed by atoms with Gasteiger partial charge in [-0.15, -0.1) is 0 Å². The molecule has 8 heteroatoms. The van der Waals surface area contributed by atoms with Crippen LogP contribution in [-0.4, -0.2) is 19.9 Å². The van der Waals surface area contributed by atoms with Crippen molar-refractivity contribution >= 4 is 23.1 Å². The minimum atomic E-state index is -0.518. The molecule has 94 valence electrons. The maximum atomic E-state index is 10.7. The van der Waals surface area contributed by atoms with Crippen LogP contribution in [0.1, 0.15) is 18.8 Å². The van der Waals surface area contributed by atoms with Crippen molar-refractivity contribution in [2.75, 3.05) is 5.32 Å². The van der Waals surface area contributed by atoms with E-state index in [1.54, 1.807) is 12.4 Å². The van der Waals surface area contributed by atoms with E-state index in [1.165, 1.54) is 12.1 Å². The van der Waals surface area contributed by atoms with E-state index < -0.39 is 4.92 Å². The van der Waals surface area contributed by atoms with Gasteiger partial charge in [-0.05, 0) is 6.92 Å². The molecule has 18 heavy (non-hydrogen) atoms. The third-order valence-electron chi connectivity index (χ3n) is 2.28.